The van der Waals surface area contributed by atoms with E-state index in [-0.39, 0.29) is 56.2 Å². The first-order chi connectivity index (χ1) is 26.6. The molecule has 0 bridgehead atoms. The largest absolute Gasteiger partial charge is 0.508 e. The number of phenols is 1. The van der Waals surface area contributed by atoms with E-state index in [9.17, 15) is 33.6 Å². The Morgan fingerprint density at radius 2 is 0.661 bits per heavy atom. The molecule has 0 radical (unpaired) electrons. The fraction of sp³-hybridized carbons (Fsp3) is 0. The number of aromatic carboxylic acids is 5. The Morgan fingerprint density at radius 1 is 0.339 bits per heavy atom. The number of benzene rings is 6. The van der Waals surface area contributed by atoms with Crippen LogP contribution in [0, 0.1) is 0 Å². The third-order valence-electron chi connectivity index (χ3n) is 7.41. The van der Waals surface area contributed by atoms with Crippen molar-refractivity contribution in [2.45, 2.75) is 0 Å². The van der Waals surface area contributed by atoms with Gasteiger partial charge in [0.1, 0.15) is 17.2 Å². The molecule has 0 aliphatic heterocycles. The molecule has 15 heteroatoms. The normalized spacial score (nSPS) is 10.0. The number of phenolic OH excluding ortho intramolecular Hbond substituents is 1. The zero-order chi connectivity index (χ0) is 40.9. The molecule has 0 aliphatic rings. The maximum absolute atomic E-state index is 12.2. The molecule has 0 aliphatic carbocycles. The summed E-state index contributed by atoms with van der Waals surface area (Å²) in [7, 11) is 0. The number of fused-ring (bicyclic) bond motifs is 1. The van der Waals surface area contributed by atoms with E-state index in [1.807, 2.05) is 0 Å². The number of ether oxygens (including phenoxy) is 2. The van der Waals surface area contributed by atoms with Gasteiger partial charge in [0.05, 0.1) is 38.9 Å². The summed E-state index contributed by atoms with van der Waals surface area (Å²) in [6.07, 6.45) is 0. The first-order valence-corrected chi connectivity index (χ1v) is 15.8. The average Bonchev–Trinajstić information content (AvgIpc) is 3.18. The van der Waals surface area contributed by atoms with Gasteiger partial charge in [-0.2, -0.15) is 0 Å². The van der Waals surface area contributed by atoms with Crippen molar-refractivity contribution in [1.82, 2.24) is 0 Å². The molecule has 0 heterocycles. The summed E-state index contributed by atoms with van der Waals surface area (Å²) in [4.78, 5) is 77.8. The molecule has 6 aromatic carbocycles. The van der Waals surface area contributed by atoms with Crippen molar-refractivity contribution < 1.29 is 73.7 Å². The number of hydrogen-bond acceptors (Lipinski definition) is 10. The minimum Gasteiger partial charge on any atom is -0.508 e. The highest BCUT2D eigenvalue weighted by Crippen LogP contribution is 2.21. The van der Waals surface area contributed by atoms with Crippen molar-refractivity contribution in [3.05, 3.63) is 172 Å². The molecule has 0 spiro atoms. The van der Waals surface area contributed by atoms with Crippen LogP contribution in [0.2, 0.25) is 0 Å². The second-order valence-corrected chi connectivity index (χ2v) is 11.3. The molecular formula is C41H28O15. The van der Waals surface area contributed by atoms with Crippen LogP contribution in [0.3, 0.4) is 0 Å². The van der Waals surface area contributed by atoms with Crippen LogP contribution in [0.25, 0.3) is 10.8 Å². The molecule has 6 rings (SSSR count). The summed E-state index contributed by atoms with van der Waals surface area (Å²) < 4.78 is 10.4. The van der Waals surface area contributed by atoms with E-state index in [1.165, 1.54) is 121 Å². The Bertz CT molecular complexity index is 2380. The van der Waals surface area contributed by atoms with Gasteiger partial charge in [-0.15, -0.1) is 0 Å². The summed E-state index contributed by atoms with van der Waals surface area (Å²) in [5, 5.41) is 54.0. The molecule has 6 aromatic rings. The van der Waals surface area contributed by atoms with Gasteiger partial charge < -0.3 is 40.1 Å². The van der Waals surface area contributed by atoms with Crippen molar-refractivity contribution >= 4 is 52.6 Å². The highest BCUT2D eigenvalue weighted by Gasteiger charge is 2.14. The van der Waals surface area contributed by atoms with Crippen LogP contribution < -0.4 is 9.47 Å². The van der Waals surface area contributed by atoms with Gasteiger partial charge >= 0.3 is 41.8 Å². The van der Waals surface area contributed by atoms with Gasteiger partial charge in [-0.05, 0) is 126 Å². The Kier molecular flexibility index (Phi) is 13.3. The zero-order valence-corrected chi connectivity index (χ0v) is 28.6. The standard InChI is InChI=1S/C22H14O8.C12H8O4.C7H6O3/c23-19(24)13-4-6-14(7-5-13)21(27)29-17-8-10-18(11-9-17)30-22(28)16-3-1-2-15(12-16)20(25)26;13-11(14)9-3-1-7-5-10(12(15)16)4-2-8(7)6-9;8-6-3-1-5(2-4-6)7(9)10/h1-12H,(H,23,24)(H,25,26);1-6H,(H,13,14)(H,15,16);1-4,8H,(H,9,10). The number of carbonyl (C=O) groups excluding carboxylic acids is 2. The van der Waals surface area contributed by atoms with Crippen LogP contribution in [0.4, 0.5) is 0 Å². The van der Waals surface area contributed by atoms with Crippen molar-refractivity contribution in [2.75, 3.05) is 0 Å². The van der Waals surface area contributed by atoms with Gasteiger partial charge in [0.2, 0.25) is 0 Å². The summed E-state index contributed by atoms with van der Waals surface area (Å²) in [6, 6.07) is 30.9. The number of carboxylic acid groups (broad SMARTS) is 5. The molecule has 15 nitrogen and oxygen atoms in total. The SMILES string of the molecule is O=C(O)c1ccc(C(=O)Oc2ccc(OC(=O)c3cccc(C(=O)O)c3)cc2)cc1.O=C(O)c1ccc(O)cc1.O=C(O)c1ccc2cc(C(=O)O)ccc2c1. The van der Waals surface area contributed by atoms with E-state index in [0.717, 1.165) is 0 Å². The van der Waals surface area contributed by atoms with Crippen LogP contribution in [-0.2, 0) is 0 Å². The van der Waals surface area contributed by atoms with Crippen LogP contribution in [-0.4, -0.2) is 72.4 Å². The second kappa shape index (κ2) is 18.4. The third-order valence-corrected chi connectivity index (χ3v) is 7.41. The minimum atomic E-state index is -1.16. The van der Waals surface area contributed by atoms with E-state index in [2.05, 4.69) is 0 Å². The Morgan fingerprint density at radius 3 is 1.07 bits per heavy atom. The second-order valence-electron chi connectivity index (χ2n) is 11.3. The Balaban J connectivity index is 0.000000221. The quantitative estimate of drug-likeness (QED) is 0.0650. The molecule has 0 amide bonds. The zero-order valence-electron chi connectivity index (χ0n) is 28.6. The lowest BCUT2D eigenvalue weighted by Crippen LogP contribution is -2.10. The molecule has 0 saturated carbocycles. The smallest absolute Gasteiger partial charge is 0.343 e. The maximum Gasteiger partial charge on any atom is 0.343 e. The van der Waals surface area contributed by atoms with E-state index in [4.69, 9.17) is 40.1 Å². The van der Waals surface area contributed by atoms with E-state index < -0.39 is 41.8 Å². The van der Waals surface area contributed by atoms with Crippen molar-refractivity contribution in [1.29, 1.82) is 0 Å². The number of carboxylic acids is 5. The predicted molar refractivity (Wildman–Crippen MR) is 196 cm³/mol. The Labute approximate surface area is 315 Å². The van der Waals surface area contributed by atoms with E-state index in [1.54, 1.807) is 12.1 Å². The number of esters is 2. The number of rotatable bonds is 9. The van der Waals surface area contributed by atoms with Crippen molar-refractivity contribution in [3.63, 3.8) is 0 Å². The number of aromatic hydroxyl groups is 1. The van der Waals surface area contributed by atoms with Crippen molar-refractivity contribution in [2.24, 2.45) is 0 Å². The van der Waals surface area contributed by atoms with Crippen molar-refractivity contribution in [3.8, 4) is 17.2 Å². The van der Waals surface area contributed by atoms with Crippen LogP contribution in [0.1, 0.15) is 72.5 Å². The molecule has 282 valence electrons. The molecule has 0 saturated heterocycles. The highest BCUT2D eigenvalue weighted by molar-refractivity contribution is 5.98. The molecule has 6 N–H and O–H groups in total. The Hall–Kier alpha value is -8.33. The van der Waals surface area contributed by atoms with Gasteiger partial charge in [0.25, 0.3) is 0 Å². The van der Waals surface area contributed by atoms with Crippen LogP contribution in [0.15, 0.2) is 133 Å². The van der Waals surface area contributed by atoms with E-state index >= 15 is 0 Å². The molecule has 56 heavy (non-hydrogen) atoms. The monoisotopic (exact) mass is 760 g/mol. The lowest BCUT2D eigenvalue weighted by Gasteiger charge is -2.07. The van der Waals surface area contributed by atoms with Gasteiger partial charge in [-0.25, -0.2) is 33.6 Å². The lowest BCUT2D eigenvalue weighted by atomic mass is 10.0. The number of carbonyl (C=O) groups is 7. The molecular weight excluding hydrogens is 732 g/mol. The maximum atomic E-state index is 12.2. The highest BCUT2D eigenvalue weighted by atomic mass is 16.5. The van der Waals surface area contributed by atoms with Crippen LogP contribution >= 0.6 is 0 Å². The molecule has 0 fully saturated rings. The predicted octanol–water partition coefficient (Wildman–Crippen LogP) is 6.85. The molecule has 0 atom stereocenters. The molecule has 0 aromatic heterocycles. The van der Waals surface area contributed by atoms with Crippen LogP contribution in [0.5, 0.6) is 17.2 Å². The van der Waals surface area contributed by atoms with Gasteiger partial charge in [-0.3, -0.25) is 0 Å². The minimum absolute atomic E-state index is 0.0388. The lowest BCUT2D eigenvalue weighted by molar-refractivity contribution is 0.0684. The average molecular weight is 761 g/mol. The fourth-order valence-electron chi connectivity index (χ4n) is 4.55. The summed E-state index contributed by atoms with van der Waals surface area (Å²) in [6.45, 7) is 0. The van der Waals surface area contributed by atoms with E-state index in [0.29, 0.717) is 10.8 Å². The van der Waals surface area contributed by atoms with Gasteiger partial charge in [0, 0.05) is 0 Å². The first-order valence-electron chi connectivity index (χ1n) is 15.8. The summed E-state index contributed by atoms with van der Waals surface area (Å²) in [5.74, 6) is -6.22. The fourth-order valence-corrected chi connectivity index (χ4v) is 4.55. The number of hydrogen-bond donors (Lipinski definition) is 6. The summed E-state index contributed by atoms with van der Waals surface area (Å²) >= 11 is 0. The van der Waals surface area contributed by atoms with Gasteiger partial charge in [0.15, 0.2) is 0 Å². The molecule has 0 unspecified atom stereocenters. The third kappa shape index (κ3) is 11.3. The topological polar surface area (TPSA) is 259 Å². The van der Waals surface area contributed by atoms with Gasteiger partial charge in [-0.1, -0.05) is 18.2 Å². The summed E-state index contributed by atoms with van der Waals surface area (Å²) in [5.41, 5.74) is 0.822. The first kappa shape index (κ1) is 40.4.